The summed E-state index contributed by atoms with van der Waals surface area (Å²) in [6, 6.07) is 2.93. The van der Waals surface area contributed by atoms with Gasteiger partial charge in [0, 0.05) is 13.0 Å². The Bertz CT molecular complexity index is 583. The maximum absolute atomic E-state index is 11.7. The molecule has 0 unspecified atom stereocenters. The van der Waals surface area contributed by atoms with Gasteiger partial charge in [-0.15, -0.1) is 11.8 Å². The van der Waals surface area contributed by atoms with Crippen LogP contribution in [0.4, 0.5) is 10.5 Å². The zero-order valence-electron chi connectivity index (χ0n) is 11.8. The molecule has 20 heavy (non-hydrogen) atoms. The largest absolute Gasteiger partial charge is 0.478 e. The van der Waals surface area contributed by atoms with E-state index in [1.807, 2.05) is 13.0 Å². The number of amides is 2. The molecule has 0 saturated heterocycles. The number of carboxylic acids is 1. The molecule has 5 nitrogen and oxygen atoms in total. The standard InChI is InChI=1S/C15H18N2O3/c1-4-5-6-7-16-15(20)17-13-11(3)8-10(2)9-12(13)14(18)19/h8-9H,6-7H2,1-3H3,(H,18,19)(H2,16,17,20). The van der Waals surface area contributed by atoms with Crippen LogP contribution in [0.5, 0.6) is 0 Å². The summed E-state index contributed by atoms with van der Waals surface area (Å²) in [5.41, 5.74) is 1.96. The van der Waals surface area contributed by atoms with E-state index >= 15 is 0 Å². The normalized spacial score (nSPS) is 9.35. The van der Waals surface area contributed by atoms with Crippen LogP contribution in [0.15, 0.2) is 12.1 Å². The van der Waals surface area contributed by atoms with Gasteiger partial charge in [-0.1, -0.05) is 6.07 Å². The molecule has 106 valence electrons. The van der Waals surface area contributed by atoms with E-state index in [4.69, 9.17) is 0 Å². The molecule has 1 rings (SSSR count). The first-order valence-corrected chi connectivity index (χ1v) is 6.24. The van der Waals surface area contributed by atoms with Crippen LogP contribution >= 0.6 is 0 Å². The first-order valence-electron chi connectivity index (χ1n) is 6.24. The summed E-state index contributed by atoms with van der Waals surface area (Å²) in [6.45, 7) is 5.72. The lowest BCUT2D eigenvalue weighted by Gasteiger charge is -2.13. The highest BCUT2D eigenvalue weighted by Crippen LogP contribution is 2.22. The Morgan fingerprint density at radius 1 is 1.30 bits per heavy atom. The van der Waals surface area contributed by atoms with Gasteiger partial charge in [0.1, 0.15) is 0 Å². The fourth-order valence-corrected chi connectivity index (χ4v) is 1.82. The SMILES string of the molecule is CC#CCCNC(=O)Nc1c(C)cc(C)cc1C(=O)O. The lowest BCUT2D eigenvalue weighted by atomic mass is 10.0. The molecule has 1 aromatic rings. The molecule has 0 heterocycles. The zero-order chi connectivity index (χ0) is 15.1. The number of nitrogens with one attached hydrogen (secondary N) is 2. The predicted octanol–water partition coefficient (Wildman–Crippen LogP) is 2.54. The minimum Gasteiger partial charge on any atom is -0.478 e. The highest BCUT2D eigenvalue weighted by atomic mass is 16.4. The van der Waals surface area contributed by atoms with Gasteiger partial charge >= 0.3 is 12.0 Å². The number of carboxylic acid groups (broad SMARTS) is 1. The van der Waals surface area contributed by atoms with Crippen molar-refractivity contribution in [1.82, 2.24) is 5.32 Å². The maximum Gasteiger partial charge on any atom is 0.337 e. The second kappa shape index (κ2) is 7.19. The van der Waals surface area contributed by atoms with Gasteiger partial charge in [-0.05, 0) is 38.0 Å². The molecule has 2 amide bonds. The van der Waals surface area contributed by atoms with Gasteiger partial charge in [0.2, 0.25) is 0 Å². The van der Waals surface area contributed by atoms with Crippen LogP contribution in [-0.4, -0.2) is 23.7 Å². The van der Waals surface area contributed by atoms with Crippen molar-refractivity contribution in [3.05, 3.63) is 28.8 Å². The van der Waals surface area contributed by atoms with Crippen LogP contribution in [0.3, 0.4) is 0 Å². The number of anilines is 1. The van der Waals surface area contributed by atoms with Crippen LogP contribution in [0.1, 0.15) is 34.8 Å². The summed E-state index contributed by atoms with van der Waals surface area (Å²) in [5, 5.41) is 14.4. The predicted molar refractivity (Wildman–Crippen MR) is 78.0 cm³/mol. The molecule has 0 saturated carbocycles. The van der Waals surface area contributed by atoms with E-state index in [-0.39, 0.29) is 5.56 Å². The highest BCUT2D eigenvalue weighted by molar-refractivity contribution is 6.01. The number of benzene rings is 1. The molecular formula is C15H18N2O3. The molecule has 1 aromatic carbocycles. The lowest BCUT2D eigenvalue weighted by Crippen LogP contribution is -2.30. The molecule has 0 radical (unpaired) electrons. The van der Waals surface area contributed by atoms with Gasteiger partial charge < -0.3 is 15.7 Å². The quantitative estimate of drug-likeness (QED) is 0.583. The second-order valence-corrected chi connectivity index (χ2v) is 4.37. The average Bonchev–Trinajstić information content (AvgIpc) is 2.37. The third-order valence-electron chi connectivity index (χ3n) is 2.66. The third kappa shape index (κ3) is 4.32. The molecule has 0 aliphatic carbocycles. The van der Waals surface area contributed by atoms with Crippen molar-refractivity contribution in [2.75, 3.05) is 11.9 Å². The molecule has 0 bridgehead atoms. The molecule has 0 fully saturated rings. The Kier molecular flexibility index (Phi) is 5.60. The van der Waals surface area contributed by atoms with Crippen LogP contribution in [0.25, 0.3) is 0 Å². The van der Waals surface area contributed by atoms with E-state index in [1.54, 1.807) is 13.8 Å². The third-order valence-corrected chi connectivity index (χ3v) is 2.66. The Morgan fingerprint density at radius 3 is 2.60 bits per heavy atom. The number of hydrogen-bond donors (Lipinski definition) is 3. The van der Waals surface area contributed by atoms with Crippen LogP contribution in [-0.2, 0) is 0 Å². The number of aromatic carboxylic acids is 1. The molecule has 3 N–H and O–H groups in total. The molecule has 0 aliphatic heterocycles. The van der Waals surface area contributed by atoms with E-state index in [2.05, 4.69) is 22.5 Å². The summed E-state index contributed by atoms with van der Waals surface area (Å²) >= 11 is 0. The van der Waals surface area contributed by atoms with Crippen LogP contribution in [0, 0.1) is 25.7 Å². The summed E-state index contributed by atoms with van der Waals surface area (Å²) in [7, 11) is 0. The summed E-state index contributed by atoms with van der Waals surface area (Å²) in [5.74, 6) is 4.49. The summed E-state index contributed by atoms with van der Waals surface area (Å²) in [6.07, 6.45) is 0.558. The first-order chi connectivity index (χ1) is 9.45. The Morgan fingerprint density at radius 2 is 2.00 bits per heavy atom. The topological polar surface area (TPSA) is 78.4 Å². The van der Waals surface area contributed by atoms with Crippen molar-refractivity contribution in [3.8, 4) is 11.8 Å². The molecule has 5 heteroatoms. The van der Waals surface area contributed by atoms with E-state index in [0.717, 1.165) is 5.56 Å². The van der Waals surface area contributed by atoms with Crippen molar-refractivity contribution >= 4 is 17.7 Å². The maximum atomic E-state index is 11.7. The minimum atomic E-state index is -1.07. The Balaban J connectivity index is 2.82. The monoisotopic (exact) mass is 274 g/mol. The van der Waals surface area contributed by atoms with Crippen molar-refractivity contribution in [2.24, 2.45) is 0 Å². The molecule has 0 atom stereocenters. The van der Waals surface area contributed by atoms with E-state index < -0.39 is 12.0 Å². The van der Waals surface area contributed by atoms with E-state index in [1.165, 1.54) is 6.07 Å². The van der Waals surface area contributed by atoms with Crippen LogP contribution in [0.2, 0.25) is 0 Å². The van der Waals surface area contributed by atoms with E-state index in [0.29, 0.717) is 24.2 Å². The second-order valence-electron chi connectivity index (χ2n) is 4.37. The zero-order valence-corrected chi connectivity index (χ0v) is 11.8. The molecule has 0 spiro atoms. The van der Waals surface area contributed by atoms with Gasteiger partial charge in [-0.3, -0.25) is 0 Å². The number of hydrogen-bond acceptors (Lipinski definition) is 2. The number of carbonyl (C=O) groups excluding carboxylic acids is 1. The molecule has 0 aliphatic rings. The molecule has 0 aromatic heterocycles. The van der Waals surface area contributed by atoms with Gasteiger partial charge in [0.25, 0.3) is 0 Å². The van der Waals surface area contributed by atoms with Gasteiger partial charge in [0.15, 0.2) is 0 Å². The van der Waals surface area contributed by atoms with Gasteiger partial charge in [0.05, 0.1) is 11.3 Å². The number of rotatable bonds is 4. The number of aryl methyl sites for hydroxylation is 2. The number of urea groups is 1. The van der Waals surface area contributed by atoms with Gasteiger partial charge in [-0.25, -0.2) is 9.59 Å². The Hall–Kier alpha value is -2.48. The van der Waals surface area contributed by atoms with Crippen molar-refractivity contribution in [3.63, 3.8) is 0 Å². The van der Waals surface area contributed by atoms with Crippen LogP contribution < -0.4 is 10.6 Å². The van der Waals surface area contributed by atoms with E-state index in [9.17, 15) is 14.7 Å². The summed E-state index contributed by atoms with van der Waals surface area (Å²) in [4.78, 5) is 22.9. The lowest BCUT2D eigenvalue weighted by molar-refractivity contribution is 0.0698. The smallest absolute Gasteiger partial charge is 0.337 e. The number of carbonyl (C=O) groups is 2. The highest BCUT2D eigenvalue weighted by Gasteiger charge is 2.15. The average molecular weight is 274 g/mol. The first kappa shape index (κ1) is 15.6. The Labute approximate surface area is 118 Å². The van der Waals surface area contributed by atoms with Crippen molar-refractivity contribution in [1.29, 1.82) is 0 Å². The fraction of sp³-hybridized carbons (Fsp3) is 0.333. The van der Waals surface area contributed by atoms with Crippen molar-refractivity contribution < 1.29 is 14.7 Å². The van der Waals surface area contributed by atoms with Crippen molar-refractivity contribution in [2.45, 2.75) is 27.2 Å². The van der Waals surface area contributed by atoms with Gasteiger partial charge in [-0.2, -0.15) is 0 Å². The summed E-state index contributed by atoms with van der Waals surface area (Å²) < 4.78 is 0. The molecular weight excluding hydrogens is 256 g/mol. The fourth-order valence-electron chi connectivity index (χ4n) is 1.82. The minimum absolute atomic E-state index is 0.0889.